The molecule has 0 aliphatic carbocycles. The van der Waals surface area contributed by atoms with Gasteiger partial charge in [-0.25, -0.2) is 13.2 Å². The Kier molecular flexibility index (Phi) is 12.3. The molecule has 6 rings (SSSR count). The third-order valence-electron chi connectivity index (χ3n) is 9.97. The summed E-state index contributed by atoms with van der Waals surface area (Å²) in [7, 11) is -2.40. The zero-order valence-corrected chi connectivity index (χ0v) is 34.5. The zero-order chi connectivity index (χ0) is 39.5. The number of nitrogens with zero attached hydrogens (tertiary/aromatic N) is 4. The molecule has 294 valence electrons. The van der Waals surface area contributed by atoms with Crippen LogP contribution in [0.4, 0.5) is 16.2 Å². The van der Waals surface area contributed by atoms with Gasteiger partial charge in [0.1, 0.15) is 15.6 Å². The number of rotatable bonds is 14. The van der Waals surface area contributed by atoms with E-state index >= 15 is 0 Å². The Morgan fingerprint density at radius 3 is 2.15 bits per heavy atom. The fourth-order valence-electron chi connectivity index (χ4n) is 7.12. The monoisotopic (exact) mass is 808 g/mol. The van der Waals surface area contributed by atoms with E-state index in [1.54, 1.807) is 54.5 Å². The highest BCUT2D eigenvalue weighted by molar-refractivity contribution is 7.95. The van der Waals surface area contributed by atoms with Gasteiger partial charge >= 0.3 is 6.09 Å². The van der Waals surface area contributed by atoms with Crippen LogP contribution in [0.5, 0.6) is 5.75 Å². The Labute approximate surface area is 332 Å². The van der Waals surface area contributed by atoms with Gasteiger partial charge in [-0.2, -0.15) is 0 Å². The van der Waals surface area contributed by atoms with Gasteiger partial charge in [-0.15, -0.1) is 11.3 Å². The number of anilines is 2. The SMILES string of the molecule is COc1ccc(N(CCCCCCCCN2C(=O)c3ccccc3C2=O)S(=O)(=O)c2sc3ccc(Cl)cc3c2C)cc1N1CCN(C(=O)OC(C)(C)C)CC1. The number of imide groups is 1. The summed E-state index contributed by atoms with van der Waals surface area (Å²) in [6, 6.07) is 17.8. The number of aryl methyl sites for hydroxylation is 1. The first kappa shape index (κ1) is 40.3. The molecule has 3 aromatic carbocycles. The topological polar surface area (TPSA) is 117 Å². The molecule has 0 unspecified atom stereocenters. The van der Waals surface area contributed by atoms with E-state index in [0.29, 0.717) is 78.7 Å². The number of methoxy groups -OCH3 is 1. The van der Waals surface area contributed by atoms with Crippen molar-refractivity contribution in [1.29, 1.82) is 0 Å². The van der Waals surface area contributed by atoms with Gasteiger partial charge in [-0.3, -0.25) is 18.8 Å². The second-order valence-corrected chi connectivity index (χ2v) is 18.5. The van der Waals surface area contributed by atoms with E-state index in [9.17, 15) is 22.8 Å². The van der Waals surface area contributed by atoms with E-state index in [1.807, 2.05) is 45.9 Å². The fraction of sp³-hybridized carbons (Fsp3) is 0.439. The van der Waals surface area contributed by atoms with E-state index in [0.717, 1.165) is 41.5 Å². The van der Waals surface area contributed by atoms with Gasteiger partial charge in [-0.05, 0) is 100 Å². The molecule has 3 amide bonds. The molecule has 2 aliphatic heterocycles. The zero-order valence-electron chi connectivity index (χ0n) is 32.1. The minimum Gasteiger partial charge on any atom is -0.495 e. The predicted molar refractivity (Wildman–Crippen MR) is 219 cm³/mol. The highest BCUT2D eigenvalue weighted by Gasteiger charge is 2.35. The van der Waals surface area contributed by atoms with Crippen molar-refractivity contribution in [3.8, 4) is 5.75 Å². The van der Waals surface area contributed by atoms with Crippen LogP contribution in [-0.2, 0) is 14.8 Å². The van der Waals surface area contributed by atoms with E-state index in [2.05, 4.69) is 4.90 Å². The molecule has 11 nitrogen and oxygen atoms in total. The molecule has 0 atom stereocenters. The van der Waals surface area contributed by atoms with Crippen molar-refractivity contribution < 1.29 is 32.3 Å². The Bertz CT molecular complexity index is 2140. The van der Waals surface area contributed by atoms with Crippen LogP contribution >= 0.6 is 22.9 Å². The first-order valence-electron chi connectivity index (χ1n) is 18.8. The summed E-state index contributed by atoms with van der Waals surface area (Å²) in [5, 5.41) is 1.36. The smallest absolute Gasteiger partial charge is 0.410 e. The maximum Gasteiger partial charge on any atom is 0.410 e. The highest BCUT2D eigenvalue weighted by Crippen LogP contribution is 2.40. The van der Waals surface area contributed by atoms with Crippen molar-refractivity contribution in [3.05, 3.63) is 82.4 Å². The number of fused-ring (bicyclic) bond motifs is 2. The Morgan fingerprint density at radius 1 is 0.873 bits per heavy atom. The highest BCUT2D eigenvalue weighted by atomic mass is 35.5. The number of unbranched alkanes of at least 4 members (excludes halogenated alkanes) is 5. The van der Waals surface area contributed by atoms with E-state index in [-0.39, 0.29) is 28.7 Å². The number of amides is 3. The average Bonchev–Trinajstić information content (AvgIpc) is 3.62. The largest absolute Gasteiger partial charge is 0.495 e. The molecular formula is C41H49ClN4O7S2. The minimum atomic E-state index is -4.00. The number of hydrogen-bond acceptors (Lipinski definition) is 9. The number of thiophene rings is 1. The van der Waals surface area contributed by atoms with Crippen molar-refractivity contribution in [2.45, 2.75) is 76.0 Å². The van der Waals surface area contributed by atoms with Gasteiger partial charge in [0, 0.05) is 49.0 Å². The minimum absolute atomic E-state index is 0.233. The summed E-state index contributed by atoms with van der Waals surface area (Å²) in [6.07, 6.45) is 4.41. The Morgan fingerprint density at radius 2 is 1.51 bits per heavy atom. The van der Waals surface area contributed by atoms with Gasteiger partial charge in [0.25, 0.3) is 21.8 Å². The predicted octanol–water partition coefficient (Wildman–Crippen LogP) is 8.76. The maximum absolute atomic E-state index is 14.7. The first-order chi connectivity index (χ1) is 26.2. The van der Waals surface area contributed by atoms with Crippen LogP contribution in [0.25, 0.3) is 10.1 Å². The number of carbonyl (C=O) groups is 3. The van der Waals surface area contributed by atoms with Crippen molar-refractivity contribution in [1.82, 2.24) is 9.80 Å². The molecule has 1 aromatic heterocycles. The second-order valence-electron chi connectivity index (χ2n) is 15.0. The number of piperazine rings is 1. The summed E-state index contributed by atoms with van der Waals surface area (Å²) in [4.78, 5) is 43.3. The number of halogens is 1. The van der Waals surface area contributed by atoms with Crippen LogP contribution in [0.3, 0.4) is 0 Å². The van der Waals surface area contributed by atoms with Crippen molar-refractivity contribution >= 4 is 72.3 Å². The molecule has 1 fully saturated rings. The van der Waals surface area contributed by atoms with Crippen LogP contribution in [0, 0.1) is 6.92 Å². The van der Waals surface area contributed by atoms with Gasteiger partial charge < -0.3 is 19.3 Å². The second kappa shape index (κ2) is 16.8. The quantitative estimate of drug-likeness (QED) is 0.0918. The molecule has 3 heterocycles. The normalized spacial score (nSPS) is 14.8. The Balaban J connectivity index is 1.15. The molecule has 0 N–H and O–H groups in total. The van der Waals surface area contributed by atoms with Crippen molar-refractivity contribution in [3.63, 3.8) is 0 Å². The lowest BCUT2D eigenvalue weighted by Crippen LogP contribution is -2.50. The van der Waals surface area contributed by atoms with E-state index < -0.39 is 15.6 Å². The lowest BCUT2D eigenvalue weighted by Gasteiger charge is -2.37. The van der Waals surface area contributed by atoms with Crippen LogP contribution in [0.1, 0.15) is 85.6 Å². The number of carbonyl (C=O) groups excluding carboxylic acids is 3. The average molecular weight is 809 g/mol. The molecule has 55 heavy (non-hydrogen) atoms. The summed E-state index contributed by atoms with van der Waals surface area (Å²) in [5.74, 6) is 0.146. The van der Waals surface area contributed by atoms with Crippen LogP contribution < -0.4 is 13.9 Å². The Hall–Kier alpha value is -4.33. The number of ether oxygens (including phenoxy) is 2. The molecule has 4 aromatic rings. The summed E-state index contributed by atoms with van der Waals surface area (Å²) < 4.78 is 43.3. The standard InChI is InChI=1S/C41H49ClN4O7S2/c1-28-33-26-29(42)16-19-36(33)54-39(28)55(50,51)46(21-13-9-7-6-8-12-20-45-37(47)31-14-10-11-15-32(31)38(45)48)30-17-18-35(52-5)34(27-30)43-22-24-44(25-23-43)40(49)53-41(2,3)4/h10-11,14-19,26-27H,6-9,12-13,20-25H2,1-5H3. The number of benzene rings is 3. The number of sulfonamides is 1. The summed E-state index contributed by atoms with van der Waals surface area (Å²) in [6.45, 7) is 9.95. The first-order valence-corrected chi connectivity index (χ1v) is 21.4. The molecule has 0 bridgehead atoms. The van der Waals surface area contributed by atoms with Gasteiger partial charge in [0.15, 0.2) is 0 Å². The molecule has 14 heteroatoms. The molecular weight excluding hydrogens is 760 g/mol. The molecule has 1 saturated heterocycles. The third kappa shape index (κ3) is 8.89. The molecule has 0 spiro atoms. The van der Waals surface area contributed by atoms with Crippen LogP contribution in [-0.4, -0.2) is 88.1 Å². The lowest BCUT2D eigenvalue weighted by atomic mass is 10.1. The molecule has 0 radical (unpaired) electrons. The van der Waals surface area contributed by atoms with Crippen LogP contribution in [0.2, 0.25) is 5.02 Å². The van der Waals surface area contributed by atoms with Gasteiger partial charge in [0.2, 0.25) is 0 Å². The molecule has 0 saturated carbocycles. The van der Waals surface area contributed by atoms with E-state index in [1.165, 1.54) is 20.5 Å². The van der Waals surface area contributed by atoms with E-state index in [4.69, 9.17) is 21.1 Å². The van der Waals surface area contributed by atoms with Crippen LogP contribution in [0.15, 0.2) is 64.9 Å². The molecule has 2 aliphatic rings. The summed E-state index contributed by atoms with van der Waals surface area (Å²) in [5.41, 5.74) is 2.28. The maximum atomic E-state index is 14.7. The van der Waals surface area contributed by atoms with Gasteiger partial charge in [-0.1, -0.05) is 49.4 Å². The lowest BCUT2D eigenvalue weighted by molar-refractivity contribution is 0.0240. The number of hydrogen-bond donors (Lipinski definition) is 0. The van der Waals surface area contributed by atoms with Crippen molar-refractivity contribution in [2.75, 3.05) is 55.6 Å². The fourth-order valence-corrected chi connectivity index (χ4v) is 10.6. The third-order valence-corrected chi connectivity index (χ3v) is 13.9. The van der Waals surface area contributed by atoms with Crippen molar-refractivity contribution in [2.24, 2.45) is 0 Å². The summed E-state index contributed by atoms with van der Waals surface area (Å²) >= 11 is 7.55. The van der Waals surface area contributed by atoms with Gasteiger partial charge in [0.05, 0.1) is 29.6 Å².